The molecule has 1 atom stereocenters. The van der Waals surface area contributed by atoms with Crippen LogP contribution < -0.4 is 0 Å². The van der Waals surface area contributed by atoms with E-state index in [-0.39, 0.29) is 6.04 Å². The lowest BCUT2D eigenvalue weighted by Gasteiger charge is -2.30. The van der Waals surface area contributed by atoms with Crippen LogP contribution in [0.5, 0.6) is 0 Å². The first-order valence-corrected chi connectivity index (χ1v) is 6.08. The molecule has 0 saturated carbocycles. The Morgan fingerprint density at radius 3 is 2.82 bits per heavy atom. The molecule has 0 spiro atoms. The van der Waals surface area contributed by atoms with E-state index in [4.69, 9.17) is 11.6 Å². The zero-order valence-corrected chi connectivity index (χ0v) is 10.7. The van der Waals surface area contributed by atoms with Crippen molar-refractivity contribution in [2.75, 3.05) is 6.54 Å². The van der Waals surface area contributed by atoms with E-state index in [1.165, 1.54) is 5.57 Å². The number of hydrogen-bond donors (Lipinski definition) is 0. The topological polar surface area (TPSA) is 3.24 Å². The smallest absolute Gasteiger partial charge is 0.0736 e. The van der Waals surface area contributed by atoms with Crippen molar-refractivity contribution in [1.29, 1.82) is 0 Å². The molecule has 0 radical (unpaired) electrons. The molecule has 17 heavy (non-hydrogen) atoms. The Morgan fingerprint density at radius 2 is 2.18 bits per heavy atom. The molecule has 0 amide bonds. The maximum Gasteiger partial charge on any atom is 0.0736 e. The first-order chi connectivity index (χ1) is 8.22. The highest BCUT2D eigenvalue weighted by molar-refractivity contribution is 6.31. The van der Waals surface area contributed by atoms with Gasteiger partial charge in [0.25, 0.3) is 0 Å². The molecule has 2 rings (SSSR count). The molecular formula is C15H16ClN. The molecule has 1 unspecified atom stereocenters. The van der Waals surface area contributed by atoms with Gasteiger partial charge < -0.3 is 4.90 Å². The highest BCUT2D eigenvalue weighted by Gasteiger charge is 2.17. The fourth-order valence-corrected chi connectivity index (χ4v) is 2.31. The number of allylic oxidation sites excluding steroid dienone is 2. The minimum absolute atomic E-state index is 0.128. The normalized spacial score (nSPS) is 16.6. The summed E-state index contributed by atoms with van der Waals surface area (Å²) < 4.78 is 0. The lowest BCUT2D eigenvalue weighted by Crippen LogP contribution is -2.24. The van der Waals surface area contributed by atoms with E-state index in [9.17, 15) is 0 Å². The molecule has 1 aliphatic rings. The minimum atomic E-state index is 0.128. The molecule has 0 fully saturated rings. The predicted octanol–water partition coefficient (Wildman–Crippen LogP) is 4.34. The third-order valence-corrected chi connectivity index (χ3v) is 3.22. The van der Waals surface area contributed by atoms with Gasteiger partial charge in [0.05, 0.1) is 6.04 Å². The average molecular weight is 246 g/mol. The fourth-order valence-electron chi connectivity index (χ4n) is 2.07. The Balaban J connectivity index is 2.32. The van der Waals surface area contributed by atoms with Crippen molar-refractivity contribution in [2.45, 2.75) is 13.0 Å². The summed E-state index contributed by atoms with van der Waals surface area (Å²) in [6.45, 7) is 6.91. The van der Waals surface area contributed by atoms with Gasteiger partial charge in [-0.25, -0.2) is 0 Å². The SMILES string of the molecule is C=CC(c1ccccc1Cl)N1C=C(C)C=CC1. The molecule has 0 saturated heterocycles. The van der Waals surface area contributed by atoms with Crippen LogP contribution in [0, 0.1) is 0 Å². The fraction of sp³-hybridized carbons (Fsp3) is 0.200. The lowest BCUT2D eigenvalue weighted by atomic mass is 10.0. The molecule has 0 aromatic heterocycles. The number of nitrogens with zero attached hydrogens (tertiary/aromatic N) is 1. The Hall–Kier alpha value is -1.47. The van der Waals surface area contributed by atoms with Crippen LogP contribution in [-0.4, -0.2) is 11.4 Å². The molecule has 1 aliphatic heterocycles. The Labute approximate surface area is 108 Å². The molecule has 0 aliphatic carbocycles. The molecule has 0 N–H and O–H groups in total. The molecule has 88 valence electrons. The number of rotatable bonds is 3. The summed E-state index contributed by atoms with van der Waals surface area (Å²) in [5, 5.41) is 0.790. The van der Waals surface area contributed by atoms with Crippen LogP contribution in [0.1, 0.15) is 18.5 Å². The zero-order chi connectivity index (χ0) is 12.3. The largest absolute Gasteiger partial charge is 0.363 e. The van der Waals surface area contributed by atoms with Gasteiger partial charge in [0, 0.05) is 17.8 Å². The summed E-state index contributed by atoms with van der Waals surface area (Å²) in [5.74, 6) is 0. The van der Waals surface area contributed by atoms with Crippen molar-refractivity contribution in [3.8, 4) is 0 Å². The summed E-state index contributed by atoms with van der Waals surface area (Å²) in [6.07, 6.45) is 8.37. The average Bonchev–Trinajstić information content (AvgIpc) is 2.33. The van der Waals surface area contributed by atoms with Crippen LogP contribution in [0.2, 0.25) is 5.02 Å². The second-order valence-corrected chi connectivity index (χ2v) is 4.58. The van der Waals surface area contributed by atoms with Gasteiger partial charge >= 0.3 is 0 Å². The van der Waals surface area contributed by atoms with E-state index in [1.807, 2.05) is 24.3 Å². The Bertz CT molecular complexity index is 474. The van der Waals surface area contributed by atoms with Gasteiger partial charge in [-0.2, -0.15) is 0 Å². The number of benzene rings is 1. The quantitative estimate of drug-likeness (QED) is 0.716. The van der Waals surface area contributed by atoms with Gasteiger partial charge in [0.15, 0.2) is 0 Å². The molecule has 1 aromatic carbocycles. The van der Waals surface area contributed by atoms with Crippen LogP contribution in [-0.2, 0) is 0 Å². The second kappa shape index (κ2) is 5.24. The molecule has 1 aromatic rings. The van der Waals surface area contributed by atoms with E-state index in [2.05, 4.69) is 42.8 Å². The maximum atomic E-state index is 6.24. The minimum Gasteiger partial charge on any atom is -0.363 e. The highest BCUT2D eigenvalue weighted by atomic mass is 35.5. The summed E-state index contributed by atoms with van der Waals surface area (Å²) in [6, 6.07) is 8.06. The summed E-state index contributed by atoms with van der Waals surface area (Å²) >= 11 is 6.24. The van der Waals surface area contributed by atoms with Gasteiger partial charge in [0.2, 0.25) is 0 Å². The molecule has 2 heteroatoms. The van der Waals surface area contributed by atoms with Crippen LogP contribution in [0.3, 0.4) is 0 Å². The van der Waals surface area contributed by atoms with Crippen molar-refractivity contribution in [3.05, 3.63) is 71.4 Å². The summed E-state index contributed by atoms with van der Waals surface area (Å²) in [5.41, 5.74) is 2.35. The van der Waals surface area contributed by atoms with Crippen molar-refractivity contribution in [2.24, 2.45) is 0 Å². The molecule has 1 heterocycles. The Kier molecular flexibility index (Phi) is 3.70. The van der Waals surface area contributed by atoms with E-state index < -0.39 is 0 Å². The van der Waals surface area contributed by atoms with Gasteiger partial charge in [-0.05, 0) is 24.1 Å². The first-order valence-electron chi connectivity index (χ1n) is 5.70. The molecule has 1 nitrogen and oxygen atoms in total. The van der Waals surface area contributed by atoms with Crippen molar-refractivity contribution < 1.29 is 0 Å². The van der Waals surface area contributed by atoms with Crippen molar-refractivity contribution in [1.82, 2.24) is 4.90 Å². The third-order valence-electron chi connectivity index (χ3n) is 2.87. The Morgan fingerprint density at radius 1 is 1.41 bits per heavy atom. The van der Waals surface area contributed by atoms with Crippen LogP contribution in [0.25, 0.3) is 0 Å². The van der Waals surface area contributed by atoms with E-state index in [0.717, 1.165) is 17.1 Å². The predicted molar refractivity (Wildman–Crippen MR) is 74.0 cm³/mol. The summed E-state index contributed by atoms with van der Waals surface area (Å²) in [4.78, 5) is 2.24. The number of halogens is 1. The van der Waals surface area contributed by atoms with Gasteiger partial charge in [-0.1, -0.05) is 48.0 Å². The third kappa shape index (κ3) is 2.62. The zero-order valence-electron chi connectivity index (χ0n) is 9.94. The monoisotopic (exact) mass is 245 g/mol. The van der Waals surface area contributed by atoms with Crippen LogP contribution >= 0.6 is 11.6 Å². The van der Waals surface area contributed by atoms with Crippen LogP contribution in [0.4, 0.5) is 0 Å². The van der Waals surface area contributed by atoms with E-state index in [0.29, 0.717) is 0 Å². The van der Waals surface area contributed by atoms with Crippen LogP contribution in [0.15, 0.2) is 60.8 Å². The molecule has 0 bridgehead atoms. The van der Waals surface area contributed by atoms with Gasteiger partial charge in [-0.15, -0.1) is 6.58 Å². The van der Waals surface area contributed by atoms with Crippen molar-refractivity contribution >= 4 is 11.6 Å². The molecular weight excluding hydrogens is 230 g/mol. The highest BCUT2D eigenvalue weighted by Crippen LogP contribution is 2.29. The van der Waals surface area contributed by atoms with Gasteiger partial charge in [-0.3, -0.25) is 0 Å². The number of hydrogen-bond acceptors (Lipinski definition) is 1. The summed E-state index contributed by atoms with van der Waals surface area (Å²) in [7, 11) is 0. The maximum absolute atomic E-state index is 6.24. The first kappa shape index (κ1) is 12.0. The lowest BCUT2D eigenvalue weighted by molar-refractivity contribution is 0.353. The van der Waals surface area contributed by atoms with E-state index >= 15 is 0 Å². The van der Waals surface area contributed by atoms with Gasteiger partial charge in [0.1, 0.15) is 0 Å². The standard InChI is InChI=1S/C15H16ClN/c1-3-15(13-8-4-5-9-14(13)16)17-10-6-7-12(2)11-17/h3-9,11,15H,1,10H2,2H3. The second-order valence-electron chi connectivity index (χ2n) is 4.17. The van der Waals surface area contributed by atoms with Crippen molar-refractivity contribution in [3.63, 3.8) is 0 Å². The van der Waals surface area contributed by atoms with E-state index in [1.54, 1.807) is 0 Å².